The van der Waals surface area contributed by atoms with Crippen LogP contribution in [0.3, 0.4) is 0 Å². The van der Waals surface area contributed by atoms with Gasteiger partial charge in [-0.15, -0.1) is 0 Å². The van der Waals surface area contributed by atoms with Crippen LogP contribution in [-0.4, -0.2) is 5.91 Å². The normalized spacial score (nSPS) is 10.3. The van der Waals surface area contributed by atoms with Crippen molar-refractivity contribution in [2.24, 2.45) is 0 Å². The van der Waals surface area contributed by atoms with E-state index in [1.54, 1.807) is 31.4 Å². The van der Waals surface area contributed by atoms with Crippen LogP contribution in [0.5, 0.6) is 0 Å². The number of amides is 1. The smallest absolute Gasteiger partial charge is 0.224 e. The Bertz CT molecular complexity index is 535. The topological polar surface area (TPSA) is 42.2 Å². The first-order valence-corrected chi connectivity index (χ1v) is 5.73. The third-order valence-electron chi connectivity index (χ3n) is 2.63. The number of aryl methyl sites for hydroxylation is 2. The number of nitrogens with one attached hydrogen (secondary N) is 1. The lowest BCUT2D eigenvalue weighted by atomic mass is 10.2. The molecule has 0 saturated carbocycles. The highest BCUT2D eigenvalue weighted by Crippen LogP contribution is 2.14. The van der Waals surface area contributed by atoms with Crippen LogP contribution in [0.4, 0.5) is 10.1 Å². The number of benzene rings is 1. The Kier molecular flexibility index (Phi) is 3.77. The van der Waals surface area contributed by atoms with Crippen LogP contribution < -0.4 is 5.32 Å². The maximum Gasteiger partial charge on any atom is 0.224 e. The van der Waals surface area contributed by atoms with Crippen molar-refractivity contribution in [3.8, 4) is 0 Å². The van der Waals surface area contributed by atoms with Crippen LogP contribution in [-0.2, 0) is 11.2 Å². The molecule has 1 N–H and O–H groups in total. The van der Waals surface area contributed by atoms with Gasteiger partial charge in [0.1, 0.15) is 11.6 Å². The lowest BCUT2D eigenvalue weighted by Gasteiger charge is -2.05. The van der Waals surface area contributed by atoms with Crippen molar-refractivity contribution < 1.29 is 13.6 Å². The third kappa shape index (κ3) is 3.20. The van der Waals surface area contributed by atoms with Gasteiger partial charge in [0.2, 0.25) is 5.91 Å². The SMILES string of the molecule is Cc1ccc(NC(=O)CCc2ccco2)cc1F. The molecule has 1 heterocycles. The molecular formula is C14H14FNO2. The molecular weight excluding hydrogens is 233 g/mol. The highest BCUT2D eigenvalue weighted by atomic mass is 19.1. The highest BCUT2D eigenvalue weighted by molar-refractivity contribution is 5.90. The summed E-state index contributed by atoms with van der Waals surface area (Å²) in [6.07, 6.45) is 2.42. The number of hydrogen-bond donors (Lipinski definition) is 1. The molecule has 0 fully saturated rings. The molecule has 1 aromatic carbocycles. The van der Waals surface area contributed by atoms with Crippen LogP contribution in [0.1, 0.15) is 17.7 Å². The summed E-state index contributed by atoms with van der Waals surface area (Å²) in [5, 5.41) is 2.65. The van der Waals surface area contributed by atoms with Crippen LogP contribution >= 0.6 is 0 Å². The largest absolute Gasteiger partial charge is 0.469 e. The number of rotatable bonds is 4. The third-order valence-corrected chi connectivity index (χ3v) is 2.63. The molecule has 0 unspecified atom stereocenters. The Labute approximate surface area is 105 Å². The summed E-state index contributed by atoms with van der Waals surface area (Å²) in [5.41, 5.74) is 1.03. The average Bonchev–Trinajstić information content (AvgIpc) is 2.84. The molecule has 94 valence electrons. The second kappa shape index (κ2) is 5.49. The minimum Gasteiger partial charge on any atom is -0.469 e. The lowest BCUT2D eigenvalue weighted by molar-refractivity contribution is -0.116. The maximum atomic E-state index is 13.3. The Morgan fingerprint density at radius 2 is 2.22 bits per heavy atom. The summed E-state index contributed by atoms with van der Waals surface area (Å²) in [5.74, 6) is 0.286. The second-order valence-corrected chi connectivity index (χ2v) is 4.09. The first-order valence-electron chi connectivity index (χ1n) is 5.73. The summed E-state index contributed by atoms with van der Waals surface area (Å²) in [6.45, 7) is 1.68. The molecule has 3 nitrogen and oxygen atoms in total. The highest BCUT2D eigenvalue weighted by Gasteiger charge is 2.06. The van der Waals surface area contributed by atoms with Gasteiger partial charge in [-0.05, 0) is 36.8 Å². The van der Waals surface area contributed by atoms with E-state index < -0.39 is 0 Å². The molecule has 1 amide bonds. The average molecular weight is 247 g/mol. The summed E-state index contributed by atoms with van der Waals surface area (Å²) < 4.78 is 18.4. The van der Waals surface area contributed by atoms with Crippen LogP contribution in [0.25, 0.3) is 0 Å². The predicted octanol–water partition coefficient (Wildman–Crippen LogP) is 3.30. The molecule has 0 bridgehead atoms. The molecule has 18 heavy (non-hydrogen) atoms. The van der Waals surface area contributed by atoms with Crippen molar-refractivity contribution >= 4 is 11.6 Å². The summed E-state index contributed by atoms with van der Waals surface area (Å²) in [7, 11) is 0. The van der Waals surface area contributed by atoms with Crippen molar-refractivity contribution in [3.05, 3.63) is 53.7 Å². The van der Waals surface area contributed by atoms with E-state index in [1.165, 1.54) is 6.07 Å². The number of furan rings is 1. The molecule has 0 aliphatic carbocycles. The molecule has 4 heteroatoms. The standard InChI is InChI=1S/C14H14FNO2/c1-10-4-5-11(9-13(10)15)16-14(17)7-6-12-3-2-8-18-12/h2-5,8-9H,6-7H2,1H3,(H,16,17). The number of anilines is 1. The fourth-order valence-electron chi connectivity index (χ4n) is 1.59. The van der Waals surface area contributed by atoms with Crippen LogP contribution in [0.2, 0.25) is 0 Å². The quantitative estimate of drug-likeness (QED) is 0.900. The summed E-state index contributed by atoms with van der Waals surface area (Å²) >= 11 is 0. The Balaban J connectivity index is 1.88. The minimum atomic E-state index is -0.321. The zero-order chi connectivity index (χ0) is 13.0. The zero-order valence-corrected chi connectivity index (χ0v) is 10.1. The van der Waals surface area contributed by atoms with Crippen LogP contribution in [0, 0.1) is 12.7 Å². The zero-order valence-electron chi connectivity index (χ0n) is 10.1. The van der Waals surface area contributed by atoms with Gasteiger partial charge in [-0.1, -0.05) is 6.07 Å². The first-order chi connectivity index (χ1) is 8.65. The van der Waals surface area contributed by atoms with E-state index in [9.17, 15) is 9.18 Å². The molecule has 0 radical (unpaired) electrons. The van der Waals surface area contributed by atoms with Gasteiger partial charge in [-0.25, -0.2) is 4.39 Å². The van der Waals surface area contributed by atoms with Gasteiger partial charge >= 0.3 is 0 Å². The predicted molar refractivity (Wildman–Crippen MR) is 66.8 cm³/mol. The molecule has 1 aromatic heterocycles. The molecule has 0 aliphatic rings. The Hall–Kier alpha value is -2.10. The van der Waals surface area contributed by atoms with Gasteiger partial charge in [0.05, 0.1) is 6.26 Å². The van der Waals surface area contributed by atoms with E-state index in [2.05, 4.69) is 5.32 Å². The van der Waals surface area contributed by atoms with Crippen molar-refractivity contribution in [2.45, 2.75) is 19.8 Å². The minimum absolute atomic E-state index is 0.158. The van der Waals surface area contributed by atoms with Gasteiger partial charge in [-0.3, -0.25) is 4.79 Å². The van der Waals surface area contributed by atoms with Crippen molar-refractivity contribution in [1.82, 2.24) is 0 Å². The van der Waals surface area contributed by atoms with E-state index in [0.717, 1.165) is 5.76 Å². The number of hydrogen-bond acceptors (Lipinski definition) is 2. The van der Waals surface area contributed by atoms with Crippen molar-refractivity contribution in [3.63, 3.8) is 0 Å². The fourth-order valence-corrected chi connectivity index (χ4v) is 1.59. The molecule has 0 aliphatic heterocycles. The Morgan fingerprint density at radius 1 is 1.39 bits per heavy atom. The summed E-state index contributed by atoms with van der Waals surface area (Å²) in [6, 6.07) is 8.24. The van der Waals surface area contributed by atoms with E-state index in [1.807, 2.05) is 6.07 Å². The van der Waals surface area contributed by atoms with E-state index in [-0.39, 0.29) is 11.7 Å². The number of carbonyl (C=O) groups excluding carboxylic acids is 1. The van der Waals surface area contributed by atoms with Gasteiger partial charge in [-0.2, -0.15) is 0 Å². The fraction of sp³-hybridized carbons (Fsp3) is 0.214. The van der Waals surface area contributed by atoms with Crippen molar-refractivity contribution in [1.29, 1.82) is 0 Å². The van der Waals surface area contributed by atoms with Crippen molar-refractivity contribution in [2.75, 3.05) is 5.32 Å². The maximum absolute atomic E-state index is 13.3. The molecule has 2 rings (SSSR count). The van der Waals surface area contributed by atoms with Gasteiger partial charge in [0.15, 0.2) is 0 Å². The van der Waals surface area contributed by atoms with E-state index >= 15 is 0 Å². The first kappa shape index (κ1) is 12.4. The molecule has 2 aromatic rings. The van der Waals surface area contributed by atoms with E-state index in [0.29, 0.717) is 24.1 Å². The second-order valence-electron chi connectivity index (χ2n) is 4.09. The van der Waals surface area contributed by atoms with Gasteiger partial charge < -0.3 is 9.73 Å². The molecule has 0 saturated heterocycles. The van der Waals surface area contributed by atoms with Gasteiger partial charge in [0, 0.05) is 18.5 Å². The van der Waals surface area contributed by atoms with Crippen LogP contribution in [0.15, 0.2) is 41.0 Å². The Morgan fingerprint density at radius 3 is 2.89 bits per heavy atom. The van der Waals surface area contributed by atoms with Gasteiger partial charge in [0.25, 0.3) is 0 Å². The van der Waals surface area contributed by atoms with E-state index in [4.69, 9.17) is 4.42 Å². The summed E-state index contributed by atoms with van der Waals surface area (Å²) in [4.78, 5) is 11.6. The molecule has 0 spiro atoms. The number of carbonyl (C=O) groups is 1. The lowest BCUT2D eigenvalue weighted by Crippen LogP contribution is -2.12. The molecule has 0 atom stereocenters. The number of halogens is 1. The monoisotopic (exact) mass is 247 g/mol.